The van der Waals surface area contributed by atoms with Gasteiger partial charge in [-0.05, 0) is 0 Å². The molecule has 0 aromatic carbocycles. The molecular formula is C7H16N2O2. The van der Waals surface area contributed by atoms with Crippen molar-refractivity contribution in [3.63, 3.8) is 0 Å². The Morgan fingerprint density at radius 3 is 2.64 bits per heavy atom. The fourth-order valence-electron chi connectivity index (χ4n) is 0.555. The van der Waals surface area contributed by atoms with Crippen LogP contribution in [-0.4, -0.2) is 36.8 Å². The van der Waals surface area contributed by atoms with E-state index in [0.717, 1.165) is 0 Å². The third kappa shape index (κ3) is 7.29. The third-order valence-electron chi connectivity index (χ3n) is 1.10. The Kier molecular flexibility index (Phi) is 5.78. The number of carbonyl (C=O) groups is 1. The first-order valence-corrected chi connectivity index (χ1v) is 3.77. The number of aliphatic hydroxyl groups excluding tert-OH is 1. The van der Waals surface area contributed by atoms with Crippen molar-refractivity contribution in [3.8, 4) is 0 Å². The van der Waals surface area contributed by atoms with Gasteiger partial charge in [0.05, 0.1) is 13.2 Å². The first kappa shape index (κ1) is 10.4. The average Bonchev–Trinajstić information content (AvgIpc) is 1.97. The molecule has 4 nitrogen and oxygen atoms in total. The summed E-state index contributed by atoms with van der Waals surface area (Å²) in [4.78, 5) is 10.8. The van der Waals surface area contributed by atoms with Gasteiger partial charge in [0.15, 0.2) is 0 Å². The van der Waals surface area contributed by atoms with Crippen molar-refractivity contribution in [2.45, 2.75) is 19.9 Å². The van der Waals surface area contributed by atoms with E-state index in [1.165, 1.54) is 0 Å². The molecule has 0 bridgehead atoms. The fourth-order valence-corrected chi connectivity index (χ4v) is 0.555. The summed E-state index contributed by atoms with van der Waals surface area (Å²) in [6, 6.07) is 0.315. The van der Waals surface area contributed by atoms with E-state index < -0.39 is 0 Å². The van der Waals surface area contributed by atoms with E-state index in [1.54, 1.807) is 0 Å². The first-order chi connectivity index (χ1) is 5.16. The Labute approximate surface area is 67.0 Å². The molecule has 0 radical (unpaired) electrons. The van der Waals surface area contributed by atoms with Gasteiger partial charge in [-0.2, -0.15) is 0 Å². The summed E-state index contributed by atoms with van der Waals surface area (Å²) in [5, 5.41) is 13.9. The molecule has 0 spiro atoms. The molecule has 0 saturated carbocycles. The van der Waals surface area contributed by atoms with Gasteiger partial charge in [-0.25, -0.2) is 0 Å². The van der Waals surface area contributed by atoms with Crippen molar-refractivity contribution >= 4 is 5.91 Å². The number of amides is 1. The monoisotopic (exact) mass is 160 g/mol. The normalized spacial score (nSPS) is 10.2. The molecule has 0 atom stereocenters. The van der Waals surface area contributed by atoms with E-state index >= 15 is 0 Å². The molecule has 66 valence electrons. The van der Waals surface area contributed by atoms with Gasteiger partial charge in [0.1, 0.15) is 0 Å². The molecule has 0 fully saturated rings. The SMILES string of the molecule is CC(C)NCC(=O)NCCO. The van der Waals surface area contributed by atoms with E-state index in [4.69, 9.17) is 5.11 Å². The van der Waals surface area contributed by atoms with Crippen LogP contribution in [0.5, 0.6) is 0 Å². The van der Waals surface area contributed by atoms with Crippen molar-refractivity contribution in [1.29, 1.82) is 0 Å². The molecule has 1 amide bonds. The predicted molar refractivity (Wildman–Crippen MR) is 43.2 cm³/mol. The van der Waals surface area contributed by atoms with Gasteiger partial charge < -0.3 is 15.7 Å². The number of hydrogen-bond acceptors (Lipinski definition) is 3. The van der Waals surface area contributed by atoms with Crippen LogP contribution in [-0.2, 0) is 4.79 Å². The lowest BCUT2D eigenvalue weighted by molar-refractivity contribution is -0.120. The highest BCUT2D eigenvalue weighted by Gasteiger charge is 1.99. The molecular weight excluding hydrogens is 144 g/mol. The summed E-state index contributed by atoms with van der Waals surface area (Å²) in [5.41, 5.74) is 0. The molecule has 0 aromatic heterocycles. The van der Waals surface area contributed by atoms with E-state index in [-0.39, 0.29) is 12.5 Å². The molecule has 0 aliphatic rings. The molecule has 0 heterocycles. The summed E-state index contributed by atoms with van der Waals surface area (Å²) in [7, 11) is 0. The topological polar surface area (TPSA) is 61.4 Å². The smallest absolute Gasteiger partial charge is 0.234 e. The zero-order valence-electron chi connectivity index (χ0n) is 7.05. The quantitative estimate of drug-likeness (QED) is 0.488. The number of carbonyl (C=O) groups excluding carboxylic acids is 1. The van der Waals surface area contributed by atoms with E-state index in [9.17, 15) is 4.79 Å². The Hall–Kier alpha value is -0.610. The molecule has 0 saturated heterocycles. The highest BCUT2D eigenvalue weighted by molar-refractivity contribution is 5.77. The van der Waals surface area contributed by atoms with Crippen molar-refractivity contribution < 1.29 is 9.90 Å². The zero-order chi connectivity index (χ0) is 8.69. The molecule has 4 heteroatoms. The van der Waals surface area contributed by atoms with Gasteiger partial charge in [-0.15, -0.1) is 0 Å². The van der Waals surface area contributed by atoms with E-state index in [1.807, 2.05) is 13.8 Å². The molecule has 0 aliphatic carbocycles. The predicted octanol–water partition coefficient (Wildman–Crippen LogP) is -0.907. The van der Waals surface area contributed by atoms with Gasteiger partial charge in [-0.3, -0.25) is 4.79 Å². The van der Waals surface area contributed by atoms with Gasteiger partial charge in [0, 0.05) is 12.6 Å². The molecule has 0 unspecified atom stereocenters. The molecule has 0 aliphatic heterocycles. The minimum Gasteiger partial charge on any atom is -0.395 e. The number of nitrogens with one attached hydrogen (secondary N) is 2. The lowest BCUT2D eigenvalue weighted by atomic mass is 10.4. The molecule has 11 heavy (non-hydrogen) atoms. The second-order valence-corrected chi connectivity index (χ2v) is 2.61. The summed E-state index contributed by atoms with van der Waals surface area (Å²) in [6.07, 6.45) is 0. The van der Waals surface area contributed by atoms with Crippen molar-refractivity contribution in [2.24, 2.45) is 0 Å². The minimum absolute atomic E-state index is 0.00653. The highest BCUT2D eigenvalue weighted by Crippen LogP contribution is 1.74. The summed E-state index contributed by atoms with van der Waals surface area (Å²) in [6.45, 7) is 4.59. The number of rotatable bonds is 5. The van der Waals surface area contributed by atoms with Gasteiger partial charge >= 0.3 is 0 Å². The lowest BCUT2D eigenvalue weighted by Gasteiger charge is -2.07. The first-order valence-electron chi connectivity index (χ1n) is 3.77. The van der Waals surface area contributed by atoms with Crippen LogP contribution in [0, 0.1) is 0 Å². The van der Waals surface area contributed by atoms with Gasteiger partial charge in [0.25, 0.3) is 0 Å². The van der Waals surface area contributed by atoms with Gasteiger partial charge in [-0.1, -0.05) is 13.8 Å². The van der Waals surface area contributed by atoms with E-state index in [2.05, 4.69) is 10.6 Å². The fraction of sp³-hybridized carbons (Fsp3) is 0.857. The number of aliphatic hydroxyl groups is 1. The summed E-state index contributed by atoms with van der Waals surface area (Å²) >= 11 is 0. The van der Waals surface area contributed by atoms with Crippen molar-refractivity contribution in [2.75, 3.05) is 19.7 Å². The minimum atomic E-state index is -0.0762. The Morgan fingerprint density at radius 2 is 2.18 bits per heavy atom. The maximum Gasteiger partial charge on any atom is 0.234 e. The van der Waals surface area contributed by atoms with Gasteiger partial charge in [0.2, 0.25) is 5.91 Å². The Morgan fingerprint density at radius 1 is 1.55 bits per heavy atom. The van der Waals surface area contributed by atoms with Crippen LogP contribution in [0.15, 0.2) is 0 Å². The zero-order valence-corrected chi connectivity index (χ0v) is 7.05. The Bertz CT molecular complexity index is 115. The van der Waals surface area contributed by atoms with Crippen LogP contribution in [0.2, 0.25) is 0 Å². The highest BCUT2D eigenvalue weighted by atomic mass is 16.3. The molecule has 0 rings (SSSR count). The van der Waals surface area contributed by atoms with Crippen LogP contribution in [0.25, 0.3) is 0 Å². The average molecular weight is 160 g/mol. The second-order valence-electron chi connectivity index (χ2n) is 2.61. The summed E-state index contributed by atoms with van der Waals surface area (Å²) in [5.74, 6) is -0.0762. The standard InChI is InChI=1S/C7H16N2O2/c1-6(2)9-5-7(11)8-3-4-10/h6,9-10H,3-5H2,1-2H3,(H,8,11). The maximum absolute atomic E-state index is 10.8. The summed E-state index contributed by atoms with van der Waals surface area (Å²) < 4.78 is 0. The number of hydrogen-bond donors (Lipinski definition) is 3. The second kappa shape index (κ2) is 6.12. The van der Waals surface area contributed by atoms with Crippen LogP contribution in [0.3, 0.4) is 0 Å². The van der Waals surface area contributed by atoms with Crippen LogP contribution < -0.4 is 10.6 Å². The van der Waals surface area contributed by atoms with Crippen molar-refractivity contribution in [1.82, 2.24) is 10.6 Å². The largest absolute Gasteiger partial charge is 0.395 e. The molecule has 0 aromatic rings. The van der Waals surface area contributed by atoms with E-state index in [0.29, 0.717) is 19.1 Å². The Balaban J connectivity index is 3.23. The van der Waals surface area contributed by atoms with Crippen LogP contribution >= 0.6 is 0 Å². The van der Waals surface area contributed by atoms with Crippen molar-refractivity contribution in [3.05, 3.63) is 0 Å². The van der Waals surface area contributed by atoms with Crippen LogP contribution in [0.4, 0.5) is 0 Å². The third-order valence-corrected chi connectivity index (χ3v) is 1.10. The van der Waals surface area contributed by atoms with Crippen LogP contribution in [0.1, 0.15) is 13.8 Å². The lowest BCUT2D eigenvalue weighted by Crippen LogP contribution is -2.37. The maximum atomic E-state index is 10.8. The molecule has 3 N–H and O–H groups in total.